The quantitative estimate of drug-likeness (QED) is 0.654. The molecule has 0 bridgehead atoms. The van der Waals surface area contributed by atoms with Gasteiger partial charge in [-0.15, -0.1) is 0 Å². The molecule has 1 spiro atoms. The van der Waals surface area contributed by atoms with Crippen molar-refractivity contribution in [2.45, 2.75) is 50.6 Å². The highest BCUT2D eigenvalue weighted by molar-refractivity contribution is 5.45. The summed E-state index contributed by atoms with van der Waals surface area (Å²) in [5, 5.41) is 17.9. The van der Waals surface area contributed by atoms with Crippen LogP contribution in [-0.4, -0.2) is 28.0 Å². The molecule has 2 fully saturated rings. The van der Waals surface area contributed by atoms with Crippen LogP contribution < -0.4 is 10.6 Å². The van der Waals surface area contributed by atoms with Crippen molar-refractivity contribution >= 4 is 11.5 Å². The molecule has 6 nitrogen and oxygen atoms in total. The zero-order valence-corrected chi connectivity index (χ0v) is 11.7. The van der Waals surface area contributed by atoms with Gasteiger partial charge < -0.3 is 10.6 Å². The molecule has 1 aliphatic carbocycles. The van der Waals surface area contributed by atoms with E-state index < -0.39 is 0 Å². The molecule has 2 aliphatic rings. The lowest BCUT2D eigenvalue weighted by Gasteiger charge is -2.48. The first-order chi connectivity index (χ1) is 9.58. The molecule has 2 N–H and O–H groups in total. The Morgan fingerprint density at radius 1 is 1.50 bits per heavy atom. The van der Waals surface area contributed by atoms with Crippen LogP contribution in [0.4, 0.5) is 11.5 Å². The largest absolute Gasteiger partial charge is 0.367 e. The molecular formula is C14H20N4O2. The van der Waals surface area contributed by atoms with Gasteiger partial charge in [-0.05, 0) is 51.6 Å². The number of pyridine rings is 1. The average molecular weight is 276 g/mol. The van der Waals surface area contributed by atoms with Gasteiger partial charge in [0.15, 0.2) is 0 Å². The number of hydrogen-bond acceptors (Lipinski definition) is 5. The Hall–Kier alpha value is -1.69. The first kappa shape index (κ1) is 13.3. The van der Waals surface area contributed by atoms with Crippen LogP contribution >= 0.6 is 0 Å². The lowest BCUT2D eigenvalue weighted by molar-refractivity contribution is -0.385. The number of piperidine rings is 1. The molecule has 0 amide bonds. The van der Waals surface area contributed by atoms with Crippen LogP contribution in [-0.2, 0) is 0 Å². The van der Waals surface area contributed by atoms with Crippen molar-refractivity contribution in [1.29, 1.82) is 0 Å². The molecule has 1 aromatic rings. The number of anilines is 1. The molecule has 0 aromatic carbocycles. The monoisotopic (exact) mass is 276 g/mol. The summed E-state index contributed by atoms with van der Waals surface area (Å²) in [5.74, 6) is 0.745. The van der Waals surface area contributed by atoms with Gasteiger partial charge in [0, 0.05) is 17.6 Å². The smallest absolute Gasteiger partial charge is 0.290 e. The Kier molecular flexibility index (Phi) is 3.33. The number of nitro groups is 1. The van der Waals surface area contributed by atoms with Gasteiger partial charge in [0.25, 0.3) is 5.69 Å². The summed E-state index contributed by atoms with van der Waals surface area (Å²) in [6.07, 6.45) is 6.02. The van der Waals surface area contributed by atoms with E-state index in [1.165, 1.54) is 25.3 Å². The van der Waals surface area contributed by atoms with Gasteiger partial charge in [0.05, 0.1) is 4.92 Å². The van der Waals surface area contributed by atoms with Gasteiger partial charge >= 0.3 is 0 Å². The Morgan fingerprint density at radius 2 is 2.30 bits per heavy atom. The summed E-state index contributed by atoms with van der Waals surface area (Å²) in [7, 11) is 0. The second-order valence-electron chi connectivity index (χ2n) is 5.95. The number of nitrogens with one attached hydrogen (secondary N) is 2. The summed E-state index contributed by atoms with van der Waals surface area (Å²) < 4.78 is 0. The van der Waals surface area contributed by atoms with Crippen LogP contribution in [0.25, 0.3) is 0 Å². The van der Waals surface area contributed by atoms with E-state index in [4.69, 9.17) is 0 Å². The fraction of sp³-hybridized carbons (Fsp3) is 0.643. The van der Waals surface area contributed by atoms with E-state index in [0.29, 0.717) is 17.3 Å². The van der Waals surface area contributed by atoms with E-state index in [1.54, 1.807) is 13.0 Å². The zero-order chi connectivity index (χ0) is 14.2. The normalized spacial score (nSPS) is 24.1. The third kappa shape index (κ3) is 2.47. The molecule has 1 aromatic heterocycles. The molecule has 108 valence electrons. The highest BCUT2D eigenvalue weighted by Gasteiger charge is 2.40. The van der Waals surface area contributed by atoms with E-state index in [0.717, 1.165) is 25.2 Å². The van der Waals surface area contributed by atoms with Crippen LogP contribution in [0.5, 0.6) is 0 Å². The van der Waals surface area contributed by atoms with Gasteiger partial charge in [0.1, 0.15) is 11.5 Å². The summed E-state index contributed by atoms with van der Waals surface area (Å²) in [4.78, 5) is 14.7. The van der Waals surface area contributed by atoms with E-state index in [2.05, 4.69) is 15.6 Å². The minimum absolute atomic E-state index is 0.0799. The summed E-state index contributed by atoms with van der Waals surface area (Å²) >= 11 is 0. The minimum Gasteiger partial charge on any atom is -0.367 e. The summed E-state index contributed by atoms with van der Waals surface area (Å²) in [6, 6.07) is 3.65. The highest BCUT2D eigenvalue weighted by Crippen LogP contribution is 2.38. The van der Waals surface area contributed by atoms with Crippen molar-refractivity contribution in [2.75, 3.05) is 11.9 Å². The Balaban J connectivity index is 1.68. The van der Waals surface area contributed by atoms with E-state index in [1.807, 2.05) is 0 Å². The number of nitrogens with zero attached hydrogens (tertiary/aromatic N) is 2. The number of aryl methyl sites for hydroxylation is 1. The van der Waals surface area contributed by atoms with Crippen LogP contribution in [0, 0.1) is 17.0 Å². The predicted octanol–water partition coefficient (Wildman–Crippen LogP) is 2.38. The topological polar surface area (TPSA) is 80.1 Å². The number of hydrogen-bond donors (Lipinski definition) is 2. The highest BCUT2D eigenvalue weighted by atomic mass is 16.6. The minimum atomic E-state index is -0.389. The number of rotatable bonds is 3. The second-order valence-corrected chi connectivity index (χ2v) is 5.95. The standard InChI is InChI=1S/C14H20N4O2/c1-10-12(18(19)20)3-4-13(16-10)17-11-5-8-15-14(9-11)6-2-7-14/h3-4,11,15H,2,5-9H2,1H3,(H,16,17). The molecule has 0 radical (unpaired) electrons. The molecule has 2 heterocycles. The fourth-order valence-corrected chi connectivity index (χ4v) is 3.30. The third-order valence-corrected chi connectivity index (χ3v) is 4.55. The van der Waals surface area contributed by atoms with E-state index >= 15 is 0 Å². The molecule has 1 saturated heterocycles. The van der Waals surface area contributed by atoms with E-state index in [-0.39, 0.29) is 10.6 Å². The van der Waals surface area contributed by atoms with Gasteiger partial charge in [0.2, 0.25) is 0 Å². The van der Waals surface area contributed by atoms with Crippen LogP contribution in [0.2, 0.25) is 0 Å². The van der Waals surface area contributed by atoms with Gasteiger partial charge in [-0.2, -0.15) is 0 Å². The lowest BCUT2D eigenvalue weighted by Crippen LogP contribution is -2.58. The van der Waals surface area contributed by atoms with Crippen molar-refractivity contribution in [1.82, 2.24) is 10.3 Å². The predicted molar refractivity (Wildman–Crippen MR) is 76.9 cm³/mol. The summed E-state index contributed by atoms with van der Waals surface area (Å²) in [6.45, 7) is 2.71. The van der Waals surface area contributed by atoms with Crippen LogP contribution in [0.15, 0.2) is 12.1 Å². The van der Waals surface area contributed by atoms with Crippen LogP contribution in [0.3, 0.4) is 0 Å². The maximum atomic E-state index is 10.8. The van der Waals surface area contributed by atoms with E-state index in [9.17, 15) is 10.1 Å². The van der Waals surface area contributed by atoms with Gasteiger partial charge in [-0.3, -0.25) is 10.1 Å². The van der Waals surface area contributed by atoms with Crippen molar-refractivity contribution in [2.24, 2.45) is 0 Å². The molecular weight excluding hydrogens is 256 g/mol. The van der Waals surface area contributed by atoms with Crippen molar-refractivity contribution in [3.05, 3.63) is 27.9 Å². The Labute approximate surface area is 118 Å². The SMILES string of the molecule is Cc1nc(NC2CCNC3(CCC3)C2)ccc1[N+](=O)[O-]. The third-order valence-electron chi connectivity index (χ3n) is 4.55. The van der Waals surface area contributed by atoms with Crippen molar-refractivity contribution in [3.63, 3.8) is 0 Å². The zero-order valence-electron chi connectivity index (χ0n) is 11.7. The Morgan fingerprint density at radius 3 is 2.90 bits per heavy atom. The molecule has 1 saturated carbocycles. The fourth-order valence-electron chi connectivity index (χ4n) is 3.30. The first-order valence-electron chi connectivity index (χ1n) is 7.22. The maximum absolute atomic E-state index is 10.8. The molecule has 20 heavy (non-hydrogen) atoms. The Bertz CT molecular complexity index is 528. The van der Waals surface area contributed by atoms with Crippen molar-refractivity contribution < 1.29 is 4.92 Å². The molecule has 1 unspecified atom stereocenters. The molecule has 1 aliphatic heterocycles. The van der Waals surface area contributed by atoms with Crippen molar-refractivity contribution in [3.8, 4) is 0 Å². The molecule has 3 rings (SSSR count). The molecule has 1 atom stereocenters. The average Bonchev–Trinajstić information content (AvgIpc) is 2.37. The lowest BCUT2D eigenvalue weighted by atomic mass is 9.70. The second kappa shape index (κ2) is 5.01. The maximum Gasteiger partial charge on any atom is 0.290 e. The van der Waals surface area contributed by atoms with Gasteiger partial charge in [-0.1, -0.05) is 0 Å². The first-order valence-corrected chi connectivity index (χ1v) is 7.22. The summed E-state index contributed by atoms with van der Waals surface area (Å²) in [5.41, 5.74) is 0.884. The van der Waals surface area contributed by atoms with Crippen LogP contribution in [0.1, 0.15) is 37.8 Å². The molecule has 6 heteroatoms. The van der Waals surface area contributed by atoms with Gasteiger partial charge in [-0.25, -0.2) is 4.98 Å². The number of aromatic nitrogens is 1.